The molecule has 4 heteroatoms. The number of rotatable bonds is 2. The first-order valence-electron chi connectivity index (χ1n) is 5.22. The number of hydrogen-bond acceptors (Lipinski definition) is 4. The molecule has 2 aromatic rings. The van der Waals surface area contributed by atoms with Crippen LogP contribution in [0, 0.1) is 6.92 Å². The van der Waals surface area contributed by atoms with Gasteiger partial charge in [0.25, 0.3) is 0 Å². The van der Waals surface area contributed by atoms with E-state index in [2.05, 4.69) is 34.3 Å². The largest absolute Gasteiger partial charge is 0.388 e. The van der Waals surface area contributed by atoms with Crippen molar-refractivity contribution in [2.45, 2.75) is 6.92 Å². The monoisotopic (exact) mass is 229 g/mol. The van der Waals surface area contributed by atoms with Gasteiger partial charge < -0.3 is 5.32 Å². The molecule has 0 fully saturated rings. The van der Waals surface area contributed by atoms with Crippen LogP contribution >= 0.6 is 0 Å². The lowest BCUT2D eigenvalue weighted by atomic mass is 10.2. The lowest BCUT2D eigenvalue weighted by Crippen LogP contribution is -1.86. The third kappa shape index (κ3) is 4.88. The van der Waals surface area contributed by atoms with Crippen molar-refractivity contribution in [2.75, 3.05) is 12.4 Å². The van der Waals surface area contributed by atoms with Crippen molar-refractivity contribution in [2.24, 2.45) is 0 Å². The summed E-state index contributed by atoms with van der Waals surface area (Å²) < 4.78 is 0. The van der Waals surface area contributed by atoms with Gasteiger partial charge in [0.15, 0.2) is 6.29 Å². The quantitative estimate of drug-likeness (QED) is 0.803. The Kier molecular flexibility index (Phi) is 5.37. The Bertz CT molecular complexity index is 457. The van der Waals surface area contributed by atoms with Crippen LogP contribution in [0.3, 0.4) is 0 Å². The first-order valence-corrected chi connectivity index (χ1v) is 5.22. The number of aromatic nitrogens is 2. The maximum Gasteiger partial charge on any atom is 0.170 e. The Morgan fingerprint density at radius 1 is 1.29 bits per heavy atom. The molecule has 88 valence electrons. The molecule has 0 aliphatic carbocycles. The zero-order valence-corrected chi connectivity index (χ0v) is 9.92. The Balaban J connectivity index is 0.000000171. The molecule has 0 aliphatic rings. The zero-order chi connectivity index (χ0) is 12.5. The lowest BCUT2D eigenvalue weighted by molar-refractivity contribution is 0.111. The van der Waals surface area contributed by atoms with Gasteiger partial charge in [0.1, 0.15) is 5.69 Å². The Hall–Kier alpha value is -2.23. The summed E-state index contributed by atoms with van der Waals surface area (Å²) in [4.78, 5) is 17.2. The molecule has 1 aromatic heterocycles. The van der Waals surface area contributed by atoms with Gasteiger partial charge in [-0.1, -0.05) is 12.1 Å². The van der Waals surface area contributed by atoms with Crippen LogP contribution in [0.2, 0.25) is 0 Å². The summed E-state index contributed by atoms with van der Waals surface area (Å²) in [6.07, 6.45) is 5.07. The van der Waals surface area contributed by atoms with E-state index in [0.29, 0.717) is 12.0 Å². The number of nitrogens with one attached hydrogen (secondary N) is 1. The smallest absolute Gasteiger partial charge is 0.170 e. The normalized spacial score (nSPS) is 8.82. The van der Waals surface area contributed by atoms with Gasteiger partial charge in [0.2, 0.25) is 0 Å². The van der Waals surface area contributed by atoms with E-state index in [9.17, 15) is 4.79 Å². The molecule has 2 rings (SSSR count). The van der Waals surface area contributed by atoms with Gasteiger partial charge in [-0.2, -0.15) is 0 Å². The van der Waals surface area contributed by atoms with Gasteiger partial charge in [0.05, 0.1) is 6.20 Å². The predicted molar refractivity (Wildman–Crippen MR) is 68.1 cm³/mol. The summed E-state index contributed by atoms with van der Waals surface area (Å²) in [5.74, 6) is 0. The van der Waals surface area contributed by atoms with Crippen LogP contribution in [0.5, 0.6) is 0 Å². The van der Waals surface area contributed by atoms with Gasteiger partial charge in [-0.3, -0.25) is 14.8 Å². The zero-order valence-electron chi connectivity index (χ0n) is 9.92. The van der Waals surface area contributed by atoms with Crippen molar-refractivity contribution in [3.63, 3.8) is 0 Å². The maximum absolute atomic E-state index is 9.90. The number of carbonyl (C=O) groups excluding carboxylic acids is 1. The molecule has 0 spiro atoms. The highest BCUT2D eigenvalue weighted by Crippen LogP contribution is 2.07. The van der Waals surface area contributed by atoms with Gasteiger partial charge in [-0.05, 0) is 24.6 Å². The number of hydrogen-bond donors (Lipinski definition) is 1. The molecule has 0 radical (unpaired) electrons. The fraction of sp³-hybridized carbons (Fsp3) is 0.154. The second kappa shape index (κ2) is 7.11. The molecule has 0 saturated carbocycles. The topological polar surface area (TPSA) is 54.9 Å². The third-order valence-corrected chi connectivity index (χ3v) is 2.01. The molecule has 0 saturated heterocycles. The molecule has 1 aromatic carbocycles. The number of aldehydes is 1. The molecule has 1 N–H and O–H groups in total. The highest BCUT2D eigenvalue weighted by molar-refractivity contribution is 5.70. The van der Waals surface area contributed by atoms with Crippen LogP contribution in [0.1, 0.15) is 16.1 Å². The molecule has 0 unspecified atom stereocenters. The van der Waals surface area contributed by atoms with Crippen LogP contribution in [0.4, 0.5) is 5.69 Å². The molecule has 0 bridgehead atoms. The maximum atomic E-state index is 9.90. The average Bonchev–Trinajstić information content (AvgIpc) is 2.40. The molecule has 0 amide bonds. The summed E-state index contributed by atoms with van der Waals surface area (Å²) in [6, 6.07) is 8.29. The van der Waals surface area contributed by atoms with Crippen LogP contribution in [-0.4, -0.2) is 23.3 Å². The number of carbonyl (C=O) groups is 1. The molecule has 0 atom stereocenters. The van der Waals surface area contributed by atoms with E-state index in [-0.39, 0.29) is 0 Å². The average molecular weight is 229 g/mol. The van der Waals surface area contributed by atoms with Crippen LogP contribution in [0.25, 0.3) is 0 Å². The number of aryl methyl sites for hydroxylation is 1. The fourth-order valence-corrected chi connectivity index (χ4v) is 1.17. The van der Waals surface area contributed by atoms with E-state index in [4.69, 9.17) is 0 Å². The predicted octanol–water partition coefficient (Wildman–Crippen LogP) is 2.33. The van der Waals surface area contributed by atoms with Crippen LogP contribution in [0.15, 0.2) is 42.9 Å². The molecule has 1 heterocycles. The van der Waals surface area contributed by atoms with Crippen molar-refractivity contribution < 1.29 is 4.79 Å². The fourth-order valence-electron chi connectivity index (χ4n) is 1.17. The van der Waals surface area contributed by atoms with E-state index in [1.54, 1.807) is 0 Å². The van der Waals surface area contributed by atoms with Gasteiger partial charge in [0, 0.05) is 25.1 Å². The number of benzene rings is 1. The summed E-state index contributed by atoms with van der Waals surface area (Å²) in [5.41, 5.74) is 2.84. The van der Waals surface area contributed by atoms with E-state index in [1.165, 1.54) is 29.8 Å². The van der Waals surface area contributed by atoms with Gasteiger partial charge in [-0.15, -0.1) is 0 Å². The minimum Gasteiger partial charge on any atom is -0.388 e. The van der Waals surface area contributed by atoms with Crippen molar-refractivity contribution >= 4 is 12.0 Å². The highest BCUT2D eigenvalue weighted by Gasteiger charge is 1.85. The summed E-state index contributed by atoms with van der Waals surface area (Å²) >= 11 is 0. The van der Waals surface area contributed by atoms with Gasteiger partial charge in [-0.25, -0.2) is 0 Å². The SMILES string of the molecule is CNc1cccc(C)c1.O=Cc1cnccn1. The highest BCUT2D eigenvalue weighted by atomic mass is 16.1. The van der Waals surface area contributed by atoms with E-state index < -0.39 is 0 Å². The molecule has 4 nitrogen and oxygen atoms in total. The second-order valence-corrected chi connectivity index (χ2v) is 3.37. The number of nitrogens with zero attached hydrogens (tertiary/aromatic N) is 2. The standard InChI is InChI=1S/C8H11N.C5H4N2O/c1-7-4-3-5-8(6-7)9-2;8-4-5-3-6-1-2-7-5/h3-6,9H,1-2H3;1-4H. The van der Waals surface area contributed by atoms with Gasteiger partial charge >= 0.3 is 0 Å². The van der Waals surface area contributed by atoms with E-state index in [0.717, 1.165) is 0 Å². The first-order chi connectivity index (χ1) is 8.26. The lowest BCUT2D eigenvalue weighted by Gasteiger charge is -1.98. The summed E-state index contributed by atoms with van der Waals surface area (Å²) in [5, 5.41) is 3.07. The molecule has 17 heavy (non-hydrogen) atoms. The van der Waals surface area contributed by atoms with E-state index in [1.807, 2.05) is 19.2 Å². The molecular weight excluding hydrogens is 214 g/mol. The minimum absolute atomic E-state index is 0.368. The minimum atomic E-state index is 0.368. The summed E-state index contributed by atoms with van der Waals surface area (Å²) in [6.45, 7) is 2.08. The van der Waals surface area contributed by atoms with Crippen molar-refractivity contribution in [1.82, 2.24) is 9.97 Å². The van der Waals surface area contributed by atoms with E-state index >= 15 is 0 Å². The Labute approximate surface area is 101 Å². The van der Waals surface area contributed by atoms with Crippen molar-refractivity contribution in [3.05, 3.63) is 54.1 Å². The second-order valence-electron chi connectivity index (χ2n) is 3.37. The summed E-state index contributed by atoms with van der Waals surface area (Å²) in [7, 11) is 1.93. The van der Waals surface area contributed by atoms with Crippen LogP contribution in [-0.2, 0) is 0 Å². The van der Waals surface area contributed by atoms with Crippen LogP contribution < -0.4 is 5.32 Å². The van der Waals surface area contributed by atoms with Crippen molar-refractivity contribution in [1.29, 1.82) is 0 Å². The number of anilines is 1. The van der Waals surface area contributed by atoms with Crippen molar-refractivity contribution in [3.8, 4) is 0 Å². The Morgan fingerprint density at radius 3 is 2.53 bits per heavy atom. The third-order valence-electron chi connectivity index (χ3n) is 2.01. The molecular formula is C13H15N3O. The molecule has 0 aliphatic heterocycles. The first kappa shape index (κ1) is 12.8. The Morgan fingerprint density at radius 2 is 2.12 bits per heavy atom.